The second kappa shape index (κ2) is 8.39. The summed E-state index contributed by atoms with van der Waals surface area (Å²) in [7, 11) is 0. The van der Waals surface area contributed by atoms with E-state index in [4.69, 9.17) is 21.2 Å². The van der Waals surface area contributed by atoms with Gasteiger partial charge < -0.3 is 14.7 Å². The molecule has 2 aliphatic rings. The van der Waals surface area contributed by atoms with Crippen molar-refractivity contribution < 1.29 is 19.5 Å². The third-order valence-electron chi connectivity index (χ3n) is 4.36. The predicted molar refractivity (Wildman–Crippen MR) is 89.5 cm³/mol. The molecule has 1 saturated carbocycles. The molecule has 5 nitrogen and oxygen atoms in total. The van der Waals surface area contributed by atoms with Crippen LogP contribution in [0.5, 0.6) is 0 Å². The molecule has 0 aromatic carbocycles. The van der Waals surface area contributed by atoms with Crippen LogP contribution in [0.4, 0.5) is 0 Å². The fraction of sp³-hybridized carbons (Fsp3) is 0.647. The molecule has 2 rings (SSSR count). The first-order chi connectivity index (χ1) is 11.1. The van der Waals surface area contributed by atoms with E-state index >= 15 is 0 Å². The number of rotatable bonds is 5. The monoisotopic (exact) mass is 341 g/mol. The number of aliphatic hydroxyl groups excluding tert-OH is 1. The van der Waals surface area contributed by atoms with E-state index in [0.717, 1.165) is 38.5 Å². The van der Waals surface area contributed by atoms with Crippen LogP contribution in [0.2, 0.25) is 0 Å². The van der Waals surface area contributed by atoms with E-state index in [9.17, 15) is 9.90 Å². The topological polar surface area (TPSA) is 68.1 Å². The molecule has 1 N–H and O–H groups in total. The van der Waals surface area contributed by atoms with Crippen LogP contribution in [-0.2, 0) is 14.4 Å². The van der Waals surface area contributed by atoms with Gasteiger partial charge in [0.1, 0.15) is 23.5 Å². The molecule has 1 heterocycles. The molecular weight excluding hydrogens is 318 g/mol. The number of oxime groups is 1. The summed E-state index contributed by atoms with van der Waals surface area (Å²) in [5.41, 5.74) is 1.35. The number of aliphatic hydroxyl groups is 1. The fourth-order valence-electron chi connectivity index (χ4n) is 3.21. The van der Waals surface area contributed by atoms with Crippen LogP contribution in [0.1, 0.15) is 58.3 Å². The van der Waals surface area contributed by atoms with Crippen LogP contribution in [0.3, 0.4) is 0 Å². The quantitative estimate of drug-likeness (QED) is 0.349. The standard InChI is InChI=1S/C17H24ClNO4/c1-2-13(19-22-11-7-10-18)15-14(20)12-17(23-16(15)21)8-5-3-4-6-9-17/h7,10,20H,2-6,8-9,11-12H2,1H3/b10-7+,19-13+. The van der Waals surface area contributed by atoms with Gasteiger partial charge in [0.05, 0.1) is 5.71 Å². The zero-order chi connectivity index (χ0) is 16.7. The summed E-state index contributed by atoms with van der Waals surface area (Å²) in [6, 6.07) is 0. The highest BCUT2D eigenvalue weighted by Gasteiger charge is 2.43. The van der Waals surface area contributed by atoms with Crippen molar-refractivity contribution in [2.75, 3.05) is 6.61 Å². The summed E-state index contributed by atoms with van der Waals surface area (Å²) < 4.78 is 5.76. The fourth-order valence-corrected chi connectivity index (χ4v) is 3.29. The number of ether oxygens (including phenoxy) is 1. The molecule has 0 radical (unpaired) electrons. The van der Waals surface area contributed by atoms with E-state index in [1.54, 1.807) is 6.08 Å². The maximum absolute atomic E-state index is 12.5. The van der Waals surface area contributed by atoms with Gasteiger partial charge in [-0.15, -0.1) is 0 Å². The summed E-state index contributed by atoms with van der Waals surface area (Å²) >= 11 is 5.41. The summed E-state index contributed by atoms with van der Waals surface area (Å²) in [6.45, 7) is 2.06. The van der Waals surface area contributed by atoms with Crippen molar-refractivity contribution in [2.24, 2.45) is 5.16 Å². The Bertz CT molecular complexity index is 517. The summed E-state index contributed by atoms with van der Waals surface area (Å²) in [6.07, 6.45) is 8.40. The largest absolute Gasteiger partial charge is 0.511 e. The van der Waals surface area contributed by atoms with Crippen LogP contribution in [-0.4, -0.2) is 29.0 Å². The summed E-state index contributed by atoms with van der Waals surface area (Å²) in [5.74, 6) is -0.423. The molecule has 0 amide bonds. The predicted octanol–water partition coefficient (Wildman–Crippen LogP) is 4.37. The lowest BCUT2D eigenvalue weighted by Crippen LogP contribution is -2.41. The zero-order valence-corrected chi connectivity index (χ0v) is 14.3. The molecule has 0 aromatic rings. The van der Waals surface area contributed by atoms with E-state index in [2.05, 4.69) is 5.16 Å². The molecule has 0 saturated heterocycles. The van der Waals surface area contributed by atoms with E-state index in [-0.39, 0.29) is 17.9 Å². The maximum atomic E-state index is 12.5. The Labute approximate surface area is 142 Å². The molecule has 6 heteroatoms. The SMILES string of the molecule is CC/C(=N\OC/C=C/Cl)C1=C(O)CC2(CCCCCC2)OC1=O. The normalized spacial score (nSPS) is 22.3. The van der Waals surface area contributed by atoms with Crippen molar-refractivity contribution >= 4 is 23.3 Å². The van der Waals surface area contributed by atoms with E-state index in [1.807, 2.05) is 6.92 Å². The van der Waals surface area contributed by atoms with Gasteiger partial charge in [0.2, 0.25) is 0 Å². The van der Waals surface area contributed by atoms with Gasteiger partial charge in [-0.05, 0) is 38.2 Å². The highest BCUT2D eigenvalue weighted by molar-refractivity contribution is 6.25. The van der Waals surface area contributed by atoms with Gasteiger partial charge in [0, 0.05) is 12.0 Å². The van der Waals surface area contributed by atoms with Crippen LogP contribution in [0, 0.1) is 0 Å². The lowest BCUT2D eigenvalue weighted by Gasteiger charge is -2.36. The Morgan fingerprint density at radius 3 is 2.65 bits per heavy atom. The minimum absolute atomic E-state index is 0.0697. The molecule has 1 fully saturated rings. The number of nitrogens with zero attached hydrogens (tertiary/aromatic N) is 1. The summed E-state index contributed by atoms with van der Waals surface area (Å²) in [5, 5.41) is 14.4. The second-order valence-electron chi connectivity index (χ2n) is 6.03. The average Bonchev–Trinajstić information content (AvgIpc) is 2.74. The third-order valence-corrected chi connectivity index (χ3v) is 4.54. The Morgan fingerprint density at radius 1 is 1.39 bits per heavy atom. The maximum Gasteiger partial charge on any atom is 0.344 e. The smallest absolute Gasteiger partial charge is 0.344 e. The van der Waals surface area contributed by atoms with Crippen molar-refractivity contribution in [3.05, 3.63) is 22.9 Å². The summed E-state index contributed by atoms with van der Waals surface area (Å²) in [4.78, 5) is 17.6. The first-order valence-corrected chi connectivity index (χ1v) is 8.65. The molecule has 0 aromatic heterocycles. The highest BCUT2D eigenvalue weighted by Crippen LogP contribution is 2.39. The van der Waals surface area contributed by atoms with Crippen LogP contribution in [0.25, 0.3) is 0 Å². The van der Waals surface area contributed by atoms with E-state index in [1.165, 1.54) is 5.54 Å². The van der Waals surface area contributed by atoms with Crippen LogP contribution in [0.15, 0.2) is 28.1 Å². The number of halogens is 1. The lowest BCUT2D eigenvalue weighted by atomic mass is 9.85. The second-order valence-corrected chi connectivity index (χ2v) is 6.29. The molecular formula is C17H24ClNO4. The molecule has 1 spiro atoms. The molecule has 0 bridgehead atoms. The molecule has 1 aliphatic carbocycles. The highest BCUT2D eigenvalue weighted by atomic mass is 35.5. The van der Waals surface area contributed by atoms with Gasteiger partial charge in [-0.2, -0.15) is 0 Å². The molecule has 23 heavy (non-hydrogen) atoms. The average molecular weight is 342 g/mol. The van der Waals surface area contributed by atoms with Gasteiger partial charge in [-0.1, -0.05) is 36.5 Å². The van der Waals surface area contributed by atoms with Gasteiger partial charge in [-0.3, -0.25) is 0 Å². The number of esters is 1. The Hall–Kier alpha value is -1.49. The first-order valence-electron chi connectivity index (χ1n) is 8.22. The number of hydrogen-bond acceptors (Lipinski definition) is 5. The lowest BCUT2D eigenvalue weighted by molar-refractivity contribution is -0.159. The van der Waals surface area contributed by atoms with Crippen LogP contribution < -0.4 is 0 Å². The number of carbonyl (C=O) groups excluding carboxylic acids is 1. The first kappa shape index (κ1) is 17.9. The van der Waals surface area contributed by atoms with Gasteiger partial charge >= 0.3 is 5.97 Å². The van der Waals surface area contributed by atoms with E-state index in [0.29, 0.717) is 18.6 Å². The van der Waals surface area contributed by atoms with Crippen molar-refractivity contribution in [2.45, 2.75) is 63.9 Å². The molecule has 0 unspecified atom stereocenters. The van der Waals surface area contributed by atoms with Crippen molar-refractivity contribution in [3.63, 3.8) is 0 Å². The minimum Gasteiger partial charge on any atom is -0.511 e. The van der Waals surface area contributed by atoms with Gasteiger partial charge in [0.15, 0.2) is 0 Å². The number of hydrogen-bond donors (Lipinski definition) is 1. The van der Waals surface area contributed by atoms with Crippen molar-refractivity contribution in [1.29, 1.82) is 0 Å². The van der Waals surface area contributed by atoms with Crippen molar-refractivity contribution in [1.82, 2.24) is 0 Å². The van der Waals surface area contributed by atoms with Crippen LogP contribution >= 0.6 is 11.6 Å². The minimum atomic E-state index is -0.539. The van der Waals surface area contributed by atoms with Gasteiger partial charge in [-0.25, -0.2) is 4.79 Å². The molecule has 128 valence electrons. The Morgan fingerprint density at radius 2 is 2.09 bits per heavy atom. The zero-order valence-electron chi connectivity index (χ0n) is 13.5. The Balaban J connectivity index is 2.18. The molecule has 0 atom stereocenters. The van der Waals surface area contributed by atoms with Gasteiger partial charge in [0.25, 0.3) is 0 Å². The number of carbonyl (C=O) groups is 1. The Kier molecular flexibility index (Phi) is 6.51. The third kappa shape index (κ3) is 4.50. The molecule has 1 aliphatic heterocycles. The van der Waals surface area contributed by atoms with E-state index < -0.39 is 11.6 Å². The van der Waals surface area contributed by atoms with Crippen molar-refractivity contribution in [3.8, 4) is 0 Å².